The van der Waals surface area contributed by atoms with Crippen LogP contribution >= 0.6 is 0 Å². The Morgan fingerprint density at radius 1 is 1.38 bits per heavy atom. The summed E-state index contributed by atoms with van der Waals surface area (Å²) >= 11 is 0. The number of rotatable bonds is 2. The van der Waals surface area contributed by atoms with Crippen LogP contribution in [0.1, 0.15) is 12.8 Å². The number of halogens is 3. The summed E-state index contributed by atoms with van der Waals surface area (Å²) in [6.07, 6.45) is -3.49. The Kier molecular flexibility index (Phi) is 2.87. The summed E-state index contributed by atoms with van der Waals surface area (Å²) < 4.78 is 33.5. The molecule has 0 aromatic rings. The standard InChI is InChI=1S/C5H7F3/c1-2-3-4-5(6,7)8/h4H,1-3H2. The van der Waals surface area contributed by atoms with E-state index in [1.807, 2.05) is 0 Å². The predicted octanol–water partition coefficient (Wildman–Crippen LogP) is 2.37. The number of unbranched alkanes of at least 4 members (excludes halogenated alkanes) is 1. The van der Waals surface area contributed by atoms with Crippen molar-refractivity contribution >= 4 is 0 Å². The molecule has 48 valence electrons. The van der Waals surface area contributed by atoms with Gasteiger partial charge in [0, 0.05) is 0 Å². The minimum atomic E-state index is -4.11. The molecule has 0 fully saturated rings. The molecule has 0 unspecified atom stereocenters. The Balaban J connectivity index is 3.11. The van der Waals surface area contributed by atoms with Crippen LogP contribution in [0.25, 0.3) is 0 Å². The zero-order valence-electron chi connectivity index (χ0n) is 4.33. The largest absolute Gasteiger partial charge is 0.392 e. The molecule has 3 heteroatoms. The molecular weight excluding hydrogens is 117 g/mol. The lowest BCUT2D eigenvalue weighted by Gasteiger charge is -2.01. The van der Waals surface area contributed by atoms with E-state index >= 15 is 0 Å². The summed E-state index contributed by atoms with van der Waals surface area (Å²) in [6, 6.07) is 0. The third-order valence-electron chi connectivity index (χ3n) is 0.580. The third-order valence-corrected chi connectivity index (χ3v) is 0.580. The van der Waals surface area contributed by atoms with E-state index in [9.17, 15) is 13.2 Å². The van der Waals surface area contributed by atoms with Crippen LogP contribution in [0.15, 0.2) is 0 Å². The molecule has 0 aromatic carbocycles. The Morgan fingerprint density at radius 2 is 1.88 bits per heavy atom. The van der Waals surface area contributed by atoms with E-state index in [1.165, 1.54) is 0 Å². The second-order valence-corrected chi connectivity index (χ2v) is 1.39. The zero-order valence-corrected chi connectivity index (χ0v) is 4.33. The smallest absolute Gasteiger partial charge is 0.171 e. The van der Waals surface area contributed by atoms with Crippen LogP contribution in [-0.2, 0) is 0 Å². The van der Waals surface area contributed by atoms with Crippen molar-refractivity contribution in [2.45, 2.75) is 19.0 Å². The van der Waals surface area contributed by atoms with E-state index in [4.69, 9.17) is 0 Å². The van der Waals surface area contributed by atoms with Crippen LogP contribution < -0.4 is 0 Å². The molecule has 0 saturated carbocycles. The van der Waals surface area contributed by atoms with E-state index < -0.39 is 6.18 Å². The van der Waals surface area contributed by atoms with Crippen LogP contribution in [0.5, 0.6) is 0 Å². The predicted molar refractivity (Wildman–Crippen MR) is 24.9 cm³/mol. The maximum atomic E-state index is 11.2. The van der Waals surface area contributed by atoms with Crippen molar-refractivity contribution in [1.82, 2.24) is 0 Å². The van der Waals surface area contributed by atoms with E-state index in [0.717, 1.165) is 0 Å². The summed E-state index contributed by atoms with van der Waals surface area (Å²) in [7, 11) is 0. The molecule has 0 atom stereocenters. The van der Waals surface area contributed by atoms with Crippen molar-refractivity contribution in [3.63, 3.8) is 0 Å². The van der Waals surface area contributed by atoms with Crippen molar-refractivity contribution < 1.29 is 13.2 Å². The van der Waals surface area contributed by atoms with Gasteiger partial charge in [0.05, 0.1) is 6.42 Å². The Hall–Kier alpha value is -0.210. The Labute approximate surface area is 46.7 Å². The van der Waals surface area contributed by atoms with Gasteiger partial charge in [0.25, 0.3) is 0 Å². The normalized spacial score (nSPS) is 12.0. The first-order chi connectivity index (χ1) is 3.56. The highest BCUT2D eigenvalue weighted by atomic mass is 19.4. The first-order valence-corrected chi connectivity index (χ1v) is 2.26. The average molecular weight is 124 g/mol. The lowest BCUT2D eigenvalue weighted by molar-refractivity contribution is -0.0981. The molecule has 0 aliphatic rings. The van der Waals surface area contributed by atoms with Gasteiger partial charge >= 0.3 is 6.18 Å². The fourth-order valence-electron chi connectivity index (χ4n) is 0.266. The summed E-state index contributed by atoms with van der Waals surface area (Å²) in [4.78, 5) is 0. The fraction of sp³-hybridized carbons (Fsp3) is 0.600. The molecule has 0 saturated heterocycles. The van der Waals surface area contributed by atoms with Gasteiger partial charge in [-0.1, -0.05) is 13.3 Å². The molecular formula is C5H7F3. The Bertz CT molecular complexity index is 55.2. The van der Waals surface area contributed by atoms with Gasteiger partial charge in [-0.15, -0.1) is 0 Å². The number of alkyl halides is 3. The van der Waals surface area contributed by atoms with Gasteiger partial charge in [-0.2, -0.15) is 13.2 Å². The van der Waals surface area contributed by atoms with Crippen molar-refractivity contribution in [3.8, 4) is 0 Å². The highest BCUT2D eigenvalue weighted by Crippen LogP contribution is 2.20. The molecule has 8 heavy (non-hydrogen) atoms. The molecule has 2 radical (unpaired) electrons. The monoisotopic (exact) mass is 124 g/mol. The molecule has 0 aliphatic heterocycles. The lowest BCUT2D eigenvalue weighted by Crippen LogP contribution is -2.06. The first kappa shape index (κ1) is 7.79. The molecule has 0 aromatic heterocycles. The second kappa shape index (κ2) is 2.95. The fourth-order valence-corrected chi connectivity index (χ4v) is 0.266. The highest BCUT2D eigenvalue weighted by molar-refractivity contribution is 4.73. The molecule has 0 bridgehead atoms. The Morgan fingerprint density at radius 3 is 2.00 bits per heavy atom. The van der Waals surface area contributed by atoms with Crippen LogP contribution in [0.3, 0.4) is 0 Å². The van der Waals surface area contributed by atoms with Gasteiger partial charge in [-0.25, -0.2) is 0 Å². The van der Waals surface area contributed by atoms with Gasteiger partial charge in [0.2, 0.25) is 0 Å². The summed E-state index contributed by atoms with van der Waals surface area (Å²) in [5.41, 5.74) is 0. The average Bonchev–Trinajstić information content (AvgIpc) is 1.59. The number of hydrogen-bond acceptors (Lipinski definition) is 0. The lowest BCUT2D eigenvalue weighted by atomic mass is 10.2. The van der Waals surface area contributed by atoms with Crippen molar-refractivity contribution in [3.05, 3.63) is 13.3 Å². The van der Waals surface area contributed by atoms with Gasteiger partial charge in [-0.05, 0) is 6.42 Å². The van der Waals surface area contributed by atoms with Gasteiger partial charge in [-0.3, -0.25) is 0 Å². The highest BCUT2D eigenvalue weighted by Gasteiger charge is 2.25. The van der Waals surface area contributed by atoms with Crippen LogP contribution in [-0.4, -0.2) is 6.18 Å². The van der Waals surface area contributed by atoms with Gasteiger partial charge < -0.3 is 0 Å². The molecule has 0 rings (SSSR count). The molecule has 0 nitrogen and oxygen atoms in total. The van der Waals surface area contributed by atoms with Crippen molar-refractivity contribution in [1.29, 1.82) is 0 Å². The van der Waals surface area contributed by atoms with Crippen LogP contribution in [0, 0.1) is 13.3 Å². The quantitative estimate of drug-likeness (QED) is 0.530. The van der Waals surface area contributed by atoms with Crippen molar-refractivity contribution in [2.24, 2.45) is 0 Å². The third kappa shape index (κ3) is 5.79. The minimum Gasteiger partial charge on any atom is -0.171 e. The van der Waals surface area contributed by atoms with E-state index in [1.54, 1.807) is 0 Å². The minimum absolute atomic E-state index is 0.0174. The molecule has 0 aliphatic carbocycles. The van der Waals surface area contributed by atoms with E-state index in [-0.39, 0.29) is 6.42 Å². The molecule has 0 spiro atoms. The summed E-state index contributed by atoms with van der Waals surface area (Å²) in [6.45, 7) is 3.26. The van der Waals surface area contributed by atoms with Crippen molar-refractivity contribution in [2.75, 3.05) is 0 Å². The van der Waals surface area contributed by atoms with Crippen LogP contribution in [0.4, 0.5) is 13.2 Å². The first-order valence-electron chi connectivity index (χ1n) is 2.26. The zero-order chi connectivity index (χ0) is 6.62. The molecule has 0 N–H and O–H groups in total. The number of hydrogen-bond donors (Lipinski definition) is 0. The second-order valence-electron chi connectivity index (χ2n) is 1.39. The van der Waals surface area contributed by atoms with Crippen LogP contribution in [0.2, 0.25) is 0 Å². The SMILES string of the molecule is [CH2]CC[CH]C(F)(F)F. The topological polar surface area (TPSA) is 0 Å². The molecule has 0 heterocycles. The maximum absolute atomic E-state index is 11.2. The van der Waals surface area contributed by atoms with Gasteiger partial charge in [0.1, 0.15) is 0 Å². The van der Waals surface area contributed by atoms with E-state index in [2.05, 4.69) is 6.92 Å². The summed E-state index contributed by atoms with van der Waals surface area (Å²) in [5, 5.41) is 0. The molecule has 0 amide bonds. The maximum Gasteiger partial charge on any atom is 0.392 e. The summed E-state index contributed by atoms with van der Waals surface area (Å²) in [5.74, 6) is 0. The van der Waals surface area contributed by atoms with E-state index in [0.29, 0.717) is 12.8 Å². The van der Waals surface area contributed by atoms with Gasteiger partial charge in [0.15, 0.2) is 0 Å².